The monoisotopic (exact) mass is 371 g/mol. The van der Waals surface area contributed by atoms with Crippen LogP contribution in [0.3, 0.4) is 0 Å². The van der Waals surface area contributed by atoms with Gasteiger partial charge in [0.1, 0.15) is 5.82 Å². The Morgan fingerprint density at radius 3 is 2.54 bits per heavy atom. The Morgan fingerprint density at radius 2 is 1.88 bits per heavy atom. The van der Waals surface area contributed by atoms with Gasteiger partial charge in [-0.05, 0) is 50.2 Å². The summed E-state index contributed by atoms with van der Waals surface area (Å²) < 4.78 is 14.9. The predicted molar refractivity (Wildman–Crippen MR) is 99.3 cm³/mol. The molecule has 134 valence electrons. The number of hydrogen-bond donors (Lipinski definition) is 1. The summed E-state index contributed by atoms with van der Waals surface area (Å²) in [6.07, 6.45) is 3.41. The van der Waals surface area contributed by atoms with Gasteiger partial charge in [0.25, 0.3) is 0 Å². The minimum absolute atomic E-state index is 0.183. The molecule has 8 heteroatoms. The number of halogens is 1. The van der Waals surface area contributed by atoms with E-state index in [9.17, 15) is 9.18 Å². The van der Waals surface area contributed by atoms with Crippen LogP contribution >= 0.6 is 11.8 Å². The molecule has 0 fully saturated rings. The van der Waals surface area contributed by atoms with E-state index in [2.05, 4.69) is 20.5 Å². The number of carbonyl (C=O) groups is 1. The maximum absolute atomic E-state index is 13.0. The molecule has 1 atom stereocenters. The predicted octanol–water partition coefficient (Wildman–Crippen LogP) is 3.62. The molecule has 0 aliphatic rings. The molecule has 1 N–H and O–H groups in total. The quantitative estimate of drug-likeness (QED) is 0.670. The van der Waals surface area contributed by atoms with Crippen molar-refractivity contribution in [3.63, 3.8) is 0 Å². The number of anilines is 1. The van der Waals surface area contributed by atoms with Crippen LogP contribution in [0.1, 0.15) is 13.8 Å². The molecular formula is C18H18FN5OS. The number of hydrogen-bond acceptors (Lipinski definition) is 5. The molecule has 6 nitrogen and oxygen atoms in total. The van der Waals surface area contributed by atoms with Crippen LogP contribution in [0.25, 0.3) is 11.4 Å². The average Bonchev–Trinajstić information content (AvgIpc) is 3.06. The summed E-state index contributed by atoms with van der Waals surface area (Å²) in [5.41, 5.74) is 1.47. The maximum Gasteiger partial charge on any atom is 0.237 e. The number of benzene rings is 1. The van der Waals surface area contributed by atoms with Crippen molar-refractivity contribution in [3.8, 4) is 11.4 Å². The lowest BCUT2D eigenvalue weighted by Crippen LogP contribution is -2.23. The lowest BCUT2D eigenvalue weighted by atomic mass is 10.2. The first-order valence-corrected chi connectivity index (χ1v) is 9.03. The van der Waals surface area contributed by atoms with Crippen LogP contribution < -0.4 is 5.32 Å². The first-order chi connectivity index (χ1) is 12.6. The van der Waals surface area contributed by atoms with Crippen LogP contribution in [0.4, 0.5) is 10.1 Å². The molecule has 0 aliphatic carbocycles. The molecule has 3 aromatic rings. The van der Waals surface area contributed by atoms with Crippen molar-refractivity contribution in [3.05, 3.63) is 54.6 Å². The van der Waals surface area contributed by atoms with Crippen molar-refractivity contribution in [1.82, 2.24) is 19.7 Å². The van der Waals surface area contributed by atoms with Gasteiger partial charge in [-0.1, -0.05) is 11.8 Å². The number of carbonyl (C=O) groups excluding carboxylic acids is 1. The number of amides is 1. The summed E-state index contributed by atoms with van der Waals surface area (Å²) in [7, 11) is 0. The van der Waals surface area contributed by atoms with E-state index in [1.54, 1.807) is 19.3 Å². The molecule has 0 spiro atoms. The first-order valence-electron chi connectivity index (χ1n) is 8.15. The third-order valence-corrected chi connectivity index (χ3v) is 4.82. The van der Waals surface area contributed by atoms with Crippen molar-refractivity contribution in [1.29, 1.82) is 0 Å². The third-order valence-electron chi connectivity index (χ3n) is 3.73. The van der Waals surface area contributed by atoms with Gasteiger partial charge >= 0.3 is 0 Å². The van der Waals surface area contributed by atoms with E-state index in [-0.39, 0.29) is 17.0 Å². The number of aromatic nitrogens is 4. The highest BCUT2D eigenvalue weighted by Gasteiger charge is 2.20. The van der Waals surface area contributed by atoms with Crippen molar-refractivity contribution in [2.75, 3.05) is 5.32 Å². The number of pyridine rings is 1. The zero-order valence-electron chi connectivity index (χ0n) is 14.4. The van der Waals surface area contributed by atoms with Gasteiger partial charge in [0.15, 0.2) is 11.0 Å². The van der Waals surface area contributed by atoms with E-state index in [0.29, 0.717) is 17.4 Å². The molecule has 0 aliphatic heterocycles. The van der Waals surface area contributed by atoms with E-state index in [1.165, 1.54) is 36.0 Å². The minimum Gasteiger partial charge on any atom is -0.325 e. The van der Waals surface area contributed by atoms with Crippen molar-refractivity contribution in [2.24, 2.45) is 0 Å². The Kier molecular flexibility index (Phi) is 5.62. The fourth-order valence-electron chi connectivity index (χ4n) is 2.36. The van der Waals surface area contributed by atoms with E-state index in [4.69, 9.17) is 0 Å². The molecule has 1 amide bonds. The van der Waals surface area contributed by atoms with Crippen LogP contribution in [-0.2, 0) is 11.3 Å². The SMILES string of the molecule is CCn1c(S[C@@H](C)C(=O)Nc2ccc(F)cc2)nnc1-c1ccncc1. The van der Waals surface area contributed by atoms with Gasteiger partial charge in [-0.3, -0.25) is 9.78 Å². The van der Waals surface area contributed by atoms with Gasteiger partial charge in [-0.15, -0.1) is 10.2 Å². The smallest absolute Gasteiger partial charge is 0.237 e. The van der Waals surface area contributed by atoms with Crippen LogP contribution in [0.2, 0.25) is 0 Å². The average molecular weight is 371 g/mol. The van der Waals surface area contributed by atoms with Gasteiger partial charge in [0.2, 0.25) is 5.91 Å². The molecule has 0 unspecified atom stereocenters. The second-order valence-corrected chi connectivity index (χ2v) is 6.85. The summed E-state index contributed by atoms with van der Waals surface area (Å²) >= 11 is 1.33. The number of rotatable bonds is 6. The molecule has 0 bridgehead atoms. The van der Waals surface area contributed by atoms with E-state index in [0.717, 1.165) is 11.4 Å². The standard InChI is InChI=1S/C18H18FN5OS/c1-3-24-16(13-8-10-20-11-9-13)22-23-18(24)26-12(2)17(25)21-15-6-4-14(19)5-7-15/h4-12H,3H2,1-2H3,(H,21,25)/t12-/m0/s1. The molecular weight excluding hydrogens is 353 g/mol. The van der Waals surface area contributed by atoms with Gasteiger partial charge in [-0.2, -0.15) is 0 Å². The Labute approximate surface area is 154 Å². The van der Waals surface area contributed by atoms with E-state index < -0.39 is 0 Å². The molecule has 26 heavy (non-hydrogen) atoms. The molecule has 2 aromatic heterocycles. The van der Waals surface area contributed by atoms with Gasteiger partial charge in [-0.25, -0.2) is 4.39 Å². The highest BCUT2D eigenvalue weighted by Crippen LogP contribution is 2.27. The molecule has 2 heterocycles. The number of nitrogens with zero attached hydrogens (tertiary/aromatic N) is 4. The highest BCUT2D eigenvalue weighted by molar-refractivity contribution is 8.00. The third kappa shape index (κ3) is 4.08. The van der Waals surface area contributed by atoms with Gasteiger partial charge in [0, 0.05) is 30.2 Å². The topological polar surface area (TPSA) is 72.7 Å². The fraction of sp³-hybridized carbons (Fsp3) is 0.222. The highest BCUT2D eigenvalue weighted by atomic mass is 32.2. The Balaban J connectivity index is 1.73. The van der Waals surface area contributed by atoms with Crippen LogP contribution in [0.5, 0.6) is 0 Å². The number of thioether (sulfide) groups is 1. The van der Waals surface area contributed by atoms with Crippen molar-refractivity contribution in [2.45, 2.75) is 30.8 Å². The molecule has 3 rings (SSSR count). The molecule has 0 saturated carbocycles. The zero-order chi connectivity index (χ0) is 18.5. The van der Waals surface area contributed by atoms with Crippen LogP contribution in [0.15, 0.2) is 53.9 Å². The lowest BCUT2D eigenvalue weighted by molar-refractivity contribution is -0.115. The second-order valence-electron chi connectivity index (χ2n) is 5.54. The summed E-state index contributed by atoms with van der Waals surface area (Å²) in [5.74, 6) is 0.214. The van der Waals surface area contributed by atoms with E-state index >= 15 is 0 Å². The normalized spacial score (nSPS) is 12.0. The fourth-order valence-corrected chi connectivity index (χ4v) is 3.28. The maximum atomic E-state index is 13.0. The second kappa shape index (κ2) is 8.09. The van der Waals surface area contributed by atoms with Gasteiger partial charge < -0.3 is 9.88 Å². The van der Waals surface area contributed by atoms with E-state index in [1.807, 2.05) is 23.6 Å². The summed E-state index contributed by atoms with van der Waals surface area (Å²) in [5, 5.41) is 11.5. The van der Waals surface area contributed by atoms with Crippen LogP contribution in [0, 0.1) is 5.82 Å². The zero-order valence-corrected chi connectivity index (χ0v) is 15.2. The number of nitrogens with one attached hydrogen (secondary N) is 1. The summed E-state index contributed by atoms with van der Waals surface area (Å²) in [4.78, 5) is 16.4. The Morgan fingerprint density at radius 1 is 1.19 bits per heavy atom. The lowest BCUT2D eigenvalue weighted by Gasteiger charge is -2.12. The summed E-state index contributed by atoms with van der Waals surface area (Å²) in [6, 6.07) is 9.41. The Hall–Kier alpha value is -2.74. The van der Waals surface area contributed by atoms with Gasteiger partial charge in [0.05, 0.1) is 5.25 Å². The largest absolute Gasteiger partial charge is 0.325 e. The Bertz CT molecular complexity index is 882. The molecule has 1 aromatic carbocycles. The first kappa shape index (κ1) is 18.1. The van der Waals surface area contributed by atoms with Crippen LogP contribution in [-0.4, -0.2) is 30.9 Å². The summed E-state index contributed by atoms with van der Waals surface area (Å²) in [6.45, 7) is 4.48. The van der Waals surface area contributed by atoms with Crippen molar-refractivity contribution < 1.29 is 9.18 Å². The van der Waals surface area contributed by atoms with Crippen molar-refractivity contribution >= 4 is 23.4 Å². The molecule has 0 saturated heterocycles. The minimum atomic E-state index is -0.389. The molecule has 0 radical (unpaired) electrons.